The van der Waals surface area contributed by atoms with Crippen LogP contribution in [0.2, 0.25) is 0 Å². The third-order valence-corrected chi connectivity index (χ3v) is 5.53. The van der Waals surface area contributed by atoms with E-state index < -0.39 is 28.3 Å². The van der Waals surface area contributed by atoms with Gasteiger partial charge in [-0.2, -0.15) is 0 Å². The lowest BCUT2D eigenvalue weighted by atomic mass is 10.2. The summed E-state index contributed by atoms with van der Waals surface area (Å²) < 4.78 is 40.9. The Morgan fingerprint density at radius 3 is 2.32 bits per heavy atom. The fraction of sp³-hybridized carbons (Fsp3) is 0.278. The second kappa shape index (κ2) is 8.11. The molecule has 5 nitrogen and oxygen atoms in total. The van der Waals surface area contributed by atoms with E-state index in [-0.39, 0.29) is 16.6 Å². The zero-order valence-electron chi connectivity index (χ0n) is 14.1. The zero-order valence-corrected chi connectivity index (χ0v) is 15.0. The van der Waals surface area contributed by atoms with Gasteiger partial charge in [-0.1, -0.05) is 37.3 Å². The molecule has 2 aromatic rings. The average molecular weight is 364 g/mol. The Kier molecular flexibility index (Phi) is 6.14. The number of halogens is 1. The Bertz CT molecular complexity index is 825. The van der Waals surface area contributed by atoms with Gasteiger partial charge in [-0.25, -0.2) is 12.8 Å². The highest BCUT2D eigenvalue weighted by Crippen LogP contribution is 2.25. The minimum atomic E-state index is -4.08. The molecule has 1 atom stereocenters. The summed E-state index contributed by atoms with van der Waals surface area (Å²) in [6.07, 6.45) is 0.705. The molecule has 0 unspecified atom stereocenters. The monoisotopic (exact) mass is 364 g/mol. The van der Waals surface area contributed by atoms with Crippen LogP contribution in [0.1, 0.15) is 20.3 Å². The normalized spacial score (nSPS) is 12.4. The van der Waals surface area contributed by atoms with E-state index in [0.29, 0.717) is 6.42 Å². The number of hydrogen-bond donors (Lipinski definition) is 1. The first-order valence-corrected chi connectivity index (χ1v) is 9.42. The van der Waals surface area contributed by atoms with E-state index in [2.05, 4.69) is 5.32 Å². The maximum atomic E-state index is 14.2. The third kappa shape index (κ3) is 4.57. The molecule has 0 aromatic heterocycles. The number of amides is 1. The summed E-state index contributed by atoms with van der Waals surface area (Å²) in [6.45, 7) is 3.22. The van der Waals surface area contributed by atoms with Gasteiger partial charge in [0.1, 0.15) is 12.4 Å². The second-order valence-electron chi connectivity index (χ2n) is 5.65. The standard InChI is InChI=1S/C18H21FN2O3S/c1-3-14(2)20-18(22)13-21(17-12-8-7-11-16(17)19)25(23,24)15-9-5-4-6-10-15/h4-12,14H,3,13H2,1-2H3,(H,20,22)/t14-/m1/s1. The molecule has 134 valence electrons. The molecule has 0 bridgehead atoms. The van der Waals surface area contributed by atoms with Gasteiger partial charge >= 0.3 is 0 Å². The second-order valence-corrected chi connectivity index (χ2v) is 7.52. The molecule has 1 N–H and O–H groups in total. The van der Waals surface area contributed by atoms with Gasteiger partial charge in [-0.15, -0.1) is 0 Å². The van der Waals surface area contributed by atoms with E-state index in [9.17, 15) is 17.6 Å². The van der Waals surface area contributed by atoms with Crippen LogP contribution in [0.5, 0.6) is 0 Å². The molecular weight excluding hydrogens is 343 g/mol. The van der Waals surface area contributed by atoms with Crippen molar-refractivity contribution in [1.82, 2.24) is 5.32 Å². The highest BCUT2D eigenvalue weighted by molar-refractivity contribution is 7.92. The third-order valence-electron chi connectivity index (χ3n) is 3.76. The molecule has 25 heavy (non-hydrogen) atoms. The lowest BCUT2D eigenvalue weighted by molar-refractivity contribution is -0.120. The number of nitrogens with one attached hydrogen (secondary N) is 1. The van der Waals surface area contributed by atoms with E-state index in [1.54, 1.807) is 18.2 Å². The maximum Gasteiger partial charge on any atom is 0.264 e. The van der Waals surface area contributed by atoms with Crippen molar-refractivity contribution < 1.29 is 17.6 Å². The summed E-state index contributed by atoms with van der Waals surface area (Å²) >= 11 is 0. The van der Waals surface area contributed by atoms with Crippen molar-refractivity contribution in [3.63, 3.8) is 0 Å². The van der Waals surface area contributed by atoms with Crippen LogP contribution in [-0.2, 0) is 14.8 Å². The fourth-order valence-corrected chi connectivity index (χ4v) is 3.68. The van der Waals surface area contributed by atoms with E-state index in [1.807, 2.05) is 13.8 Å². The smallest absolute Gasteiger partial charge is 0.264 e. The number of carbonyl (C=O) groups excluding carboxylic acids is 1. The molecule has 1 amide bonds. The first-order chi connectivity index (χ1) is 11.9. The van der Waals surface area contributed by atoms with E-state index in [4.69, 9.17) is 0 Å². The van der Waals surface area contributed by atoms with Gasteiger partial charge in [0, 0.05) is 6.04 Å². The van der Waals surface area contributed by atoms with Gasteiger partial charge in [-0.3, -0.25) is 9.10 Å². The van der Waals surface area contributed by atoms with Crippen molar-refractivity contribution in [3.05, 3.63) is 60.4 Å². The average Bonchev–Trinajstić information content (AvgIpc) is 2.61. The van der Waals surface area contributed by atoms with Crippen LogP contribution in [-0.4, -0.2) is 26.9 Å². The zero-order chi connectivity index (χ0) is 18.4. The van der Waals surface area contributed by atoms with Crippen LogP contribution in [0.25, 0.3) is 0 Å². The minimum Gasteiger partial charge on any atom is -0.352 e. The van der Waals surface area contributed by atoms with Crippen LogP contribution < -0.4 is 9.62 Å². The van der Waals surface area contributed by atoms with E-state index in [1.165, 1.54) is 30.3 Å². The Morgan fingerprint density at radius 1 is 1.12 bits per heavy atom. The molecule has 0 fully saturated rings. The van der Waals surface area contributed by atoms with Crippen molar-refractivity contribution in [1.29, 1.82) is 0 Å². The minimum absolute atomic E-state index is 0.00501. The molecule has 0 heterocycles. The Hall–Kier alpha value is -2.41. The van der Waals surface area contributed by atoms with Gasteiger partial charge < -0.3 is 5.32 Å². The van der Waals surface area contributed by atoms with Gasteiger partial charge in [0.2, 0.25) is 5.91 Å². The topological polar surface area (TPSA) is 66.5 Å². The largest absolute Gasteiger partial charge is 0.352 e. The Labute approximate surface area is 147 Å². The highest BCUT2D eigenvalue weighted by Gasteiger charge is 2.29. The Morgan fingerprint density at radius 2 is 1.72 bits per heavy atom. The lowest BCUT2D eigenvalue weighted by Gasteiger charge is -2.25. The molecule has 0 spiro atoms. The molecule has 2 rings (SSSR count). The number of rotatable bonds is 7. The predicted octanol–water partition coefficient (Wildman–Crippen LogP) is 2.94. The lowest BCUT2D eigenvalue weighted by Crippen LogP contribution is -2.43. The van der Waals surface area contributed by atoms with Crippen LogP contribution in [0, 0.1) is 5.82 Å². The molecule has 0 aliphatic rings. The number of nitrogens with zero attached hydrogens (tertiary/aromatic N) is 1. The van der Waals surface area contributed by atoms with Crippen molar-refractivity contribution in [2.75, 3.05) is 10.8 Å². The van der Waals surface area contributed by atoms with Gasteiger partial charge in [0.25, 0.3) is 10.0 Å². The number of benzene rings is 2. The number of carbonyl (C=O) groups is 1. The van der Waals surface area contributed by atoms with Crippen molar-refractivity contribution in [2.45, 2.75) is 31.2 Å². The maximum absolute atomic E-state index is 14.2. The number of anilines is 1. The summed E-state index contributed by atoms with van der Waals surface area (Å²) in [5.41, 5.74) is -0.161. The molecule has 0 saturated carbocycles. The van der Waals surface area contributed by atoms with Crippen molar-refractivity contribution in [3.8, 4) is 0 Å². The molecular formula is C18H21FN2O3S. The van der Waals surface area contributed by atoms with Crippen LogP contribution in [0.15, 0.2) is 59.5 Å². The molecule has 0 aliphatic carbocycles. The summed E-state index contributed by atoms with van der Waals surface area (Å²) in [6, 6.07) is 13.0. The van der Waals surface area contributed by atoms with Gasteiger partial charge in [0.15, 0.2) is 0 Å². The van der Waals surface area contributed by atoms with Crippen molar-refractivity contribution in [2.24, 2.45) is 0 Å². The van der Waals surface area contributed by atoms with E-state index in [0.717, 1.165) is 10.4 Å². The molecule has 0 radical (unpaired) electrons. The summed E-state index contributed by atoms with van der Waals surface area (Å²) in [5.74, 6) is -1.20. The van der Waals surface area contributed by atoms with E-state index >= 15 is 0 Å². The van der Waals surface area contributed by atoms with Crippen LogP contribution >= 0.6 is 0 Å². The quantitative estimate of drug-likeness (QED) is 0.821. The highest BCUT2D eigenvalue weighted by atomic mass is 32.2. The number of sulfonamides is 1. The van der Waals surface area contributed by atoms with Crippen LogP contribution in [0.3, 0.4) is 0 Å². The molecule has 2 aromatic carbocycles. The fourth-order valence-electron chi connectivity index (χ4n) is 2.23. The van der Waals surface area contributed by atoms with Crippen LogP contribution in [0.4, 0.5) is 10.1 Å². The summed E-state index contributed by atoms with van der Waals surface area (Å²) in [5, 5.41) is 2.71. The number of hydrogen-bond acceptors (Lipinski definition) is 3. The van der Waals surface area contributed by atoms with Gasteiger partial charge in [0.05, 0.1) is 10.6 Å². The molecule has 7 heteroatoms. The Balaban J connectivity index is 2.43. The molecule has 0 saturated heterocycles. The number of para-hydroxylation sites is 1. The first-order valence-electron chi connectivity index (χ1n) is 7.98. The van der Waals surface area contributed by atoms with Gasteiger partial charge in [-0.05, 0) is 37.6 Å². The predicted molar refractivity (Wildman–Crippen MR) is 95.3 cm³/mol. The van der Waals surface area contributed by atoms with Crippen molar-refractivity contribution >= 4 is 21.6 Å². The summed E-state index contributed by atoms with van der Waals surface area (Å²) in [7, 11) is -4.08. The SMILES string of the molecule is CC[C@@H](C)NC(=O)CN(c1ccccc1F)S(=O)(=O)c1ccccc1. The first kappa shape index (κ1) is 18.9. The summed E-state index contributed by atoms with van der Waals surface area (Å²) in [4.78, 5) is 12.2. The molecule has 0 aliphatic heterocycles.